The van der Waals surface area contributed by atoms with Gasteiger partial charge in [0.1, 0.15) is 11.4 Å². The standard InChI is InChI=1S/C14H15N3O4/c1-3-17-12(6-8(2)16-17)13(19)15-11-5-4-9(18)7-10(11)14(20)21/h4-7,18H,3H2,1-2H3,(H,15,19)(H,20,21). The number of benzene rings is 1. The number of rotatable bonds is 4. The van der Waals surface area contributed by atoms with Crippen molar-refractivity contribution < 1.29 is 19.8 Å². The van der Waals surface area contributed by atoms with E-state index in [1.165, 1.54) is 16.8 Å². The minimum Gasteiger partial charge on any atom is -0.508 e. The fraction of sp³-hybridized carbons (Fsp3) is 0.214. The Morgan fingerprint density at radius 3 is 2.67 bits per heavy atom. The van der Waals surface area contributed by atoms with Crippen LogP contribution in [0.25, 0.3) is 0 Å². The largest absolute Gasteiger partial charge is 0.508 e. The SMILES string of the molecule is CCn1nc(C)cc1C(=O)Nc1ccc(O)cc1C(=O)O. The molecular formula is C14H15N3O4. The van der Waals surface area contributed by atoms with Gasteiger partial charge in [-0.2, -0.15) is 5.10 Å². The average Bonchev–Trinajstić information content (AvgIpc) is 2.81. The van der Waals surface area contributed by atoms with Crippen LogP contribution < -0.4 is 5.32 Å². The van der Waals surface area contributed by atoms with Gasteiger partial charge in [-0.3, -0.25) is 9.48 Å². The highest BCUT2D eigenvalue weighted by atomic mass is 16.4. The van der Waals surface area contributed by atoms with Crippen molar-refractivity contribution in [1.29, 1.82) is 0 Å². The fourth-order valence-corrected chi connectivity index (χ4v) is 1.97. The Bertz CT molecular complexity index is 706. The van der Waals surface area contributed by atoms with E-state index < -0.39 is 11.9 Å². The maximum Gasteiger partial charge on any atom is 0.337 e. The van der Waals surface area contributed by atoms with Gasteiger partial charge in [-0.1, -0.05) is 0 Å². The zero-order valence-electron chi connectivity index (χ0n) is 11.6. The van der Waals surface area contributed by atoms with Crippen molar-refractivity contribution in [2.45, 2.75) is 20.4 Å². The molecule has 0 spiro atoms. The number of hydrogen-bond donors (Lipinski definition) is 3. The number of carbonyl (C=O) groups is 2. The molecule has 110 valence electrons. The number of aryl methyl sites for hydroxylation is 2. The van der Waals surface area contributed by atoms with E-state index in [9.17, 15) is 14.7 Å². The maximum absolute atomic E-state index is 12.2. The number of nitrogens with zero attached hydrogens (tertiary/aromatic N) is 2. The quantitative estimate of drug-likeness (QED) is 0.745. The van der Waals surface area contributed by atoms with E-state index in [1.807, 2.05) is 6.92 Å². The first kappa shape index (κ1) is 14.6. The summed E-state index contributed by atoms with van der Waals surface area (Å²) < 4.78 is 1.53. The lowest BCUT2D eigenvalue weighted by molar-refractivity contribution is 0.0697. The van der Waals surface area contributed by atoms with Gasteiger partial charge in [-0.15, -0.1) is 0 Å². The summed E-state index contributed by atoms with van der Waals surface area (Å²) in [6.07, 6.45) is 0. The van der Waals surface area contributed by atoms with E-state index in [0.29, 0.717) is 17.9 Å². The summed E-state index contributed by atoms with van der Waals surface area (Å²) in [7, 11) is 0. The van der Waals surface area contributed by atoms with Crippen LogP contribution in [0.2, 0.25) is 0 Å². The molecule has 0 saturated carbocycles. The van der Waals surface area contributed by atoms with Gasteiger partial charge in [-0.05, 0) is 38.1 Å². The molecule has 1 amide bonds. The number of aromatic carboxylic acids is 1. The van der Waals surface area contributed by atoms with Crippen LogP contribution in [0.4, 0.5) is 5.69 Å². The Morgan fingerprint density at radius 1 is 1.33 bits per heavy atom. The van der Waals surface area contributed by atoms with Crippen LogP contribution in [0.15, 0.2) is 24.3 Å². The number of amides is 1. The topological polar surface area (TPSA) is 104 Å². The van der Waals surface area contributed by atoms with Crippen LogP contribution in [0, 0.1) is 6.92 Å². The second kappa shape index (κ2) is 5.66. The van der Waals surface area contributed by atoms with Crippen molar-refractivity contribution in [3.63, 3.8) is 0 Å². The van der Waals surface area contributed by atoms with Gasteiger partial charge >= 0.3 is 5.97 Å². The number of nitrogens with one attached hydrogen (secondary N) is 1. The minimum atomic E-state index is -1.23. The van der Waals surface area contributed by atoms with E-state index >= 15 is 0 Å². The highest BCUT2D eigenvalue weighted by Crippen LogP contribution is 2.22. The number of carboxylic acid groups (broad SMARTS) is 1. The molecule has 0 aliphatic rings. The van der Waals surface area contributed by atoms with Crippen molar-refractivity contribution in [3.05, 3.63) is 41.2 Å². The molecule has 1 heterocycles. The Balaban J connectivity index is 2.33. The summed E-state index contributed by atoms with van der Waals surface area (Å²) in [5, 5.41) is 25.1. The normalized spacial score (nSPS) is 10.4. The molecule has 3 N–H and O–H groups in total. The van der Waals surface area contributed by atoms with Crippen LogP contribution in [0.1, 0.15) is 33.5 Å². The van der Waals surface area contributed by atoms with Crippen molar-refractivity contribution in [2.75, 3.05) is 5.32 Å². The Kier molecular flexibility index (Phi) is 3.93. The molecule has 7 heteroatoms. The molecule has 1 aromatic heterocycles. The molecule has 1 aromatic carbocycles. The molecule has 0 atom stereocenters. The molecule has 0 saturated heterocycles. The Labute approximate surface area is 120 Å². The zero-order chi connectivity index (χ0) is 15.6. The average molecular weight is 289 g/mol. The molecule has 21 heavy (non-hydrogen) atoms. The van der Waals surface area contributed by atoms with Gasteiger partial charge in [0.2, 0.25) is 0 Å². The van der Waals surface area contributed by atoms with Gasteiger partial charge in [0.25, 0.3) is 5.91 Å². The van der Waals surface area contributed by atoms with E-state index in [2.05, 4.69) is 10.4 Å². The van der Waals surface area contributed by atoms with E-state index in [4.69, 9.17) is 5.11 Å². The predicted octanol–water partition coefficient (Wildman–Crippen LogP) is 1.87. The molecule has 0 radical (unpaired) electrons. The van der Waals surface area contributed by atoms with Crippen LogP contribution in [0.5, 0.6) is 5.75 Å². The van der Waals surface area contributed by atoms with E-state index in [-0.39, 0.29) is 17.0 Å². The summed E-state index contributed by atoms with van der Waals surface area (Å²) in [6, 6.07) is 5.36. The molecular weight excluding hydrogens is 274 g/mol. The summed E-state index contributed by atoms with van der Waals surface area (Å²) in [5.74, 6) is -1.87. The minimum absolute atomic E-state index is 0.117. The lowest BCUT2D eigenvalue weighted by atomic mass is 10.1. The number of aromatic hydroxyl groups is 1. The van der Waals surface area contributed by atoms with Crippen molar-refractivity contribution in [2.24, 2.45) is 0 Å². The second-order valence-electron chi connectivity index (χ2n) is 4.48. The number of carboxylic acids is 1. The number of phenols is 1. The molecule has 7 nitrogen and oxygen atoms in total. The maximum atomic E-state index is 12.2. The number of hydrogen-bond acceptors (Lipinski definition) is 4. The second-order valence-corrected chi connectivity index (χ2v) is 4.48. The Hall–Kier alpha value is -2.83. The third kappa shape index (κ3) is 3.02. The van der Waals surface area contributed by atoms with Gasteiger partial charge in [0, 0.05) is 6.54 Å². The van der Waals surface area contributed by atoms with E-state index in [1.54, 1.807) is 13.0 Å². The Morgan fingerprint density at radius 2 is 2.05 bits per heavy atom. The lowest BCUT2D eigenvalue weighted by Gasteiger charge is -2.09. The van der Waals surface area contributed by atoms with Crippen LogP contribution in [-0.2, 0) is 6.54 Å². The summed E-state index contributed by atoms with van der Waals surface area (Å²) >= 11 is 0. The third-order valence-corrected chi connectivity index (χ3v) is 2.92. The summed E-state index contributed by atoms with van der Waals surface area (Å²) in [6.45, 7) is 4.15. The summed E-state index contributed by atoms with van der Waals surface area (Å²) in [4.78, 5) is 23.4. The van der Waals surface area contributed by atoms with Crippen LogP contribution >= 0.6 is 0 Å². The van der Waals surface area contributed by atoms with Crippen LogP contribution in [0.3, 0.4) is 0 Å². The smallest absolute Gasteiger partial charge is 0.337 e. The number of anilines is 1. The first-order valence-corrected chi connectivity index (χ1v) is 6.34. The molecule has 0 fully saturated rings. The van der Waals surface area contributed by atoms with Crippen molar-refractivity contribution in [1.82, 2.24) is 9.78 Å². The molecule has 0 aliphatic carbocycles. The first-order valence-electron chi connectivity index (χ1n) is 6.34. The number of carbonyl (C=O) groups excluding carboxylic acids is 1. The first-order chi connectivity index (χ1) is 9.92. The third-order valence-electron chi connectivity index (χ3n) is 2.92. The molecule has 2 rings (SSSR count). The molecule has 0 bridgehead atoms. The highest BCUT2D eigenvalue weighted by Gasteiger charge is 2.17. The summed E-state index contributed by atoms with van der Waals surface area (Å²) in [5.41, 5.74) is 0.986. The number of phenolic OH excluding ortho intramolecular Hbond substituents is 1. The molecule has 0 aliphatic heterocycles. The van der Waals surface area contributed by atoms with Crippen molar-refractivity contribution >= 4 is 17.6 Å². The van der Waals surface area contributed by atoms with Gasteiger partial charge in [0.05, 0.1) is 16.9 Å². The van der Waals surface area contributed by atoms with Crippen LogP contribution in [-0.4, -0.2) is 31.9 Å². The fourth-order valence-electron chi connectivity index (χ4n) is 1.97. The number of aromatic nitrogens is 2. The van der Waals surface area contributed by atoms with Gasteiger partial charge in [0.15, 0.2) is 0 Å². The highest BCUT2D eigenvalue weighted by molar-refractivity contribution is 6.07. The molecule has 2 aromatic rings. The predicted molar refractivity (Wildman–Crippen MR) is 75.7 cm³/mol. The lowest BCUT2D eigenvalue weighted by Crippen LogP contribution is -2.19. The van der Waals surface area contributed by atoms with Gasteiger partial charge in [-0.25, -0.2) is 4.79 Å². The zero-order valence-corrected chi connectivity index (χ0v) is 11.6. The monoisotopic (exact) mass is 289 g/mol. The van der Waals surface area contributed by atoms with Gasteiger partial charge < -0.3 is 15.5 Å². The van der Waals surface area contributed by atoms with E-state index in [0.717, 1.165) is 6.07 Å². The molecule has 0 unspecified atom stereocenters. The van der Waals surface area contributed by atoms with Crippen molar-refractivity contribution in [3.8, 4) is 5.75 Å².